The number of benzene rings is 2. The Morgan fingerprint density at radius 2 is 1.90 bits per heavy atom. The van der Waals surface area contributed by atoms with Gasteiger partial charge in [-0.3, -0.25) is 4.99 Å². The van der Waals surface area contributed by atoms with Crippen molar-refractivity contribution >= 4 is 39.6 Å². The van der Waals surface area contributed by atoms with Gasteiger partial charge in [-0.2, -0.15) is 0 Å². The SMILES string of the molecule is Clc1ccc(CC2C=NC(c3cccc(Br)c3)=N2)cc1. The molecule has 3 rings (SSSR count). The van der Waals surface area contributed by atoms with E-state index in [1.54, 1.807) is 0 Å². The molecule has 0 spiro atoms. The van der Waals surface area contributed by atoms with E-state index in [0.717, 1.165) is 27.3 Å². The third kappa shape index (κ3) is 3.17. The first kappa shape index (κ1) is 13.5. The molecule has 0 aliphatic carbocycles. The van der Waals surface area contributed by atoms with Crippen molar-refractivity contribution in [1.82, 2.24) is 0 Å². The molecule has 1 atom stereocenters. The molecule has 0 fully saturated rings. The molecular formula is C16H12BrClN2. The summed E-state index contributed by atoms with van der Waals surface area (Å²) in [7, 11) is 0. The van der Waals surface area contributed by atoms with Crippen LogP contribution in [0.15, 0.2) is 63.0 Å². The quantitative estimate of drug-likeness (QED) is 0.778. The van der Waals surface area contributed by atoms with Gasteiger partial charge in [-0.25, -0.2) is 4.99 Å². The molecule has 4 heteroatoms. The van der Waals surface area contributed by atoms with Crippen LogP contribution in [-0.2, 0) is 6.42 Å². The van der Waals surface area contributed by atoms with Crippen LogP contribution in [0.1, 0.15) is 11.1 Å². The Morgan fingerprint density at radius 3 is 2.65 bits per heavy atom. The van der Waals surface area contributed by atoms with Gasteiger partial charge in [0.15, 0.2) is 5.84 Å². The van der Waals surface area contributed by atoms with E-state index < -0.39 is 0 Å². The fraction of sp³-hybridized carbons (Fsp3) is 0.125. The number of hydrogen-bond acceptors (Lipinski definition) is 2. The van der Waals surface area contributed by atoms with E-state index in [1.165, 1.54) is 5.56 Å². The third-order valence-electron chi connectivity index (χ3n) is 3.10. The molecule has 0 amide bonds. The van der Waals surface area contributed by atoms with Gasteiger partial charge in [0.25, 0.3) is 0 Å². The van der Waals surface area contributed by atoms with E-state index in [2.05, 4.69) is 25.9 Å². The lowest BCUT2D eigenvalue weighted by Gasteiger charge is -2.04. The topological polar surface area (TPSA) is 24.7 Å². The molecule has 0 N–H and O–H groups in total. The van der Waals surface area contributed by atoms with Crippen molar-refractivity contribution in [1.29, 1.82) is 0 Å². The Balaban J connectivity index is 1.75. The van der Waals surface area contributed by atoms with Gasteiger partial charge in [0.2, 0.25) is 0 Å². The van der Waals surface area contributed by atoms with Crippen LogP contribution in [0.4, 0.5) is 0 Å². The molecule has 1 heterocycles. The summed E-state index contributed by atoms with van der Waals surface area (Å²) < 4.78 is 1.04. The van der Waals surface area contributed by atoms with Gasteiger partial charge in [-0.1, -0.05) is 51.8 Å². The monoisotopic (exact) mass is 346 g/mol. The molecular weight excluding hydrogens is 336 g/mol. The van der Waals surface area contributed by atoms with Crippen molar-refractivity contribution in [3.63, 3.8) is 0 Å². The maximum atomic E-state index is 5.89. The molecule has 0 saturated heterocycles. The number of aliphatic imine (C=N–C) groups is 2. The van der Waals surface area contributed by atoms with Crippen LogP contribution in [0.2, 0.25) is 5.02 Å². The van der Waals surface area contributed by atoms with E-state index in [1.807, 2.05) is 54.7 Å². The van der Waals surface area contributed by atoms with Crippen molar-refractivity contribution in [3.8, 4) is 0 Å². The van der Waals surface area contributed by atoms with E-state index in [0.29, 0.717) is 0 Å². The average molecular weight is 348 g/mol. The zero-order valence-corrected chi connectivity index (χ0v) is 13.0. The largest absolute Gasteiger partial charge is 0.257 e. The summed E-state index contributed by atoms with van der Waals surface area (Å²) in [5, 5.41) is 0.757. The number of nitrogens with zero attached hydrogens (tertiary/aromatic N) is 2. The minimum Gasteiger partial charge on any atom is -0.257 e. The fourth-order valence-electron chi connectivity index (χ4n) is 2.12. The minimum absolute atomic E-state index is 0.102. The van der Waals surface area contributed by atoms with Gasteiger partial charge in [-0.05, 0) is 36.2 Å². The Hall–Kier alpha value is -1.45. The first-order valence-electron chi connectivity index (χ1n) is 6.33. The number of hydrogen-bond donors (Lipinski definition) is 0. The van der Waals surface area contributed by atoms with Crippen molar-refractivity contribution in [3.05, 3.63) is 69.2 Å². The lowest BCUT2D eigenvalue weighted by molar-refractivity contribution is 0.880. The summed E-state index contributed by atoms with van der Waals surface area (Å²) >= 11 is 9.35. The highest BCUT2D eigenvalue weighted by Gasteiger charge is 2.14. The first-order chi connectivity index (χ1) is 9.70. The predicted molar refractivity (Wildman–Crippen MR) is 88.1 cm³/mol. The molecule has 0 saturated carbocycles. The number of rotatable bonds is 3. The van der Waals surface area contributed by atoms with Gasteiger partial charge in [0.05, 0.1) is 6.04 Å². The van der Waals surface area contributed by atoms with E-state index >= 15 is 0 Å². The van der Waals surface area contributed by atoms with Crippen molar-refractivity contribution in [2.24, 2.45) is 9.98 Å². The zero-order chi connectivity index (χ0) is 13.9. The maximum Gasteiger partial charge on any atom is 0.154 e. The number of amidine groups is 1. The summed E-state index contributed by atoms with van der Waals surface area (Å²) in [6, 6.07) is 16.0. The van der Waals surface area contributed by atoms with Crippen LogP contribution in [0.3, 0.4) is 0 Å². The second kappa shape index (κ2) is 5.90. The molecule has 20 heavy (non-hydrogen) atoms. The Kier molecular flexibility index (Phi) is 3.99. The average Bonchev–Trinajstić information content (AvgIpc) is 2.90. The van der Waals surface area contributed by atoms with Gasteiger partial charge < -0.3 is 0 Å². The predicted octanol–water partition coefficient (Wildman–Crippen LogP) is 4.54. The highest BCUT2D eigenvalue weighted by atomic mass is 79.9. The highest BCUT2D eigenvalue weighted by Crippen LogP contribution is 2.17. The standard InChI is InChI=1S/C16H12BrClN2/c17-13-3-1-2-12(9-13)16-19-10-15(20-16)8-11-4-6-14(18)7-5-11/h1-7,9-10,15H,8H2. The van der Waals surface area contributed by atoms with Gasteiger partial charge in [0, 0.05) is 21.3 Å². The zero-order valence-electron chi connectivity index (χ0n) is 10.6. The summed E-state index contributed by atoms with van der Waals surface area (Å²) in [6.07, 6.45) is 2.75. The summed E-state index contributed by atoms with van der Waals surface area (Å²) in [5.74, 6) is 0.797. The van der Waals surface area contributed by atoms with Crippen LogP contribution in [-0.4, -0.2) is 18.1 Å². The molecule has 2 nitrogen and oxygen atoms in total. The summed E-state index contributed by atoms with van der Waals surface area (Å²) in [6.45, 7) is 0. The second-order valence-electron chi connectivity index (χ2n) is 4.64. The molecule has 2 aromatic carbocycles. The van der Waals surface area contributed by atoms with Crippen molar-refractivity contribution < 1.29 is 0 Å². The smallest absolute Gasteiger partial charge is 0.154 e. The van der Waals surface area contributed by atoms with Gasteiger partial charge in [-0.15, -0.1) is 0 Å². The van der Waals surface area contributed by atoms with Crippen LogP contribution in [0.5, 0.6) is 0 Å². The first-order valence-corrected chi connectivity index (χ1v) is 7.50. The van der Waals surface area contributed by atoms with Crippen LogP contribution < -0.4 is 0 Å². The lowest BCUT2D eigenvalue weighted by Crippen LogP contribution is -2.07. The van der Waals surface area contributed by atoms with E-state index in [4.69, 9.17) is 11.6 Å². The Bertz CT molecular complexity index is 677. The molecule has 2 aromatic rings. The molecule has 0 aromatic heterocycles. The van der Waals surface area contributed by atoms with E-state index in [-0.39, 0.29) is 6.04 Å². The van der Waals surface area contributed by atoms with Gasteiger partial charge in [0.1, 0.15) is 0 Å². The minimum atomic E-state index is 0.102. The van der Waals surface area contributed by atoms with Crippen LogP contribution >= 0.6 is 27.5 Å². The molecule has 1 unspecified atom stereocenters. The molecule has 0 bridgehead atoms. The second-order valence-corrected chi connectivity index (χ2v) is 5.99. The fourth-order valence-corrected chi connectivity index (χ4v) is 2.64. The van der Waals surface area contributed by atoms with E-state index in [9.17, 15) is 0 Å². The molecule has 1 aliphatic rings. The van der Waals surface area contributed by atoms with Gasteiger partial charge >= 0.3 is 0 Å². The number of halogens is 2. The third-order valence-corrected chi connectivity index (χ3v) is 3.84. The highest BCUT2D eigenvalue weighted by molar-refractivity contribution is 9.10. The lowest BCUT2D eigenvalue weighted by atomic mass is 10.1. The van der Waals surface area contributed by atoms with Crippen molar-refractivity contribution in [2.75, 3.05) is 0 Å². The van der Waals surface area contributed by atoms with Crippen LogP contribution in [0, 0.1) is 0 Å². The Morgan fingerprint density at radius 1 is 1.10 bits per heavy atom. The molecule has 100 valence electrons. The van der Waals surface area contributed by atoms with Crippen molar-refractivity contribution in [2.45, 2.75) is 12.5 Å². The molecule has 0 radical (unpaired) electrons. The Labute approximate surface area is 131 Å². The maximum absolute atomic E-state index is 5.89. The molecule has 1 aliphatic heterocycles. The normalized spacial score (nSPS) is 17.3. The summed E-state index contributed by atoms with van der Waals surface area (Å²) in [5.41, 5.74) is 2.25. The summed E-state index contributed by atoms with van der Waals surface area (Å²) in [4.78, 5) is 9.08. The van der Waals surface area contributed by atoms with Crippen LogP contribution in [0.25, 0.3) is 0 Å².